The van der Waals surface area contributed by atoms with E-state index in [1.54, 1.807) is 39.0 Å². The number of carbonyl (C=O) groups excluding carboxylic acids is 2. The van der Waals surface area contributed by atoms with Crippen LogP contribution in [0.4, 0.5) is 35.9 Å². The average molecular weight is 605 g/mol. The molecule has 0 spiro atoms. The van der Waals surface area contributed by atoms with Gasteiger partial charge in [0.05, 0.1) is 30.3 Å². The third kappa shape index (κ3) is 8.52. The molecule has 42 heavy (non-hydrogen) atoms. The van der Waals surface area contributed by atoms with Gasteiger partial charge in [-0.3, -0.25) is 4.90 Å². The first-order valence-corrected chi connectivity index (χ1v) is 13.3. The van der Waals surface area contributed by atoms with Gasteiger partial charge in [-0.2, -0.15) is 26.3 Å². The molecule has 13 heteroatoms. The summed E-state index contributed by atoms with van der Waals surface area (Å²) in [5, 5.41) is 1.41. The zero-order chi connectivity index (χ0) is 31.5. The predicted molar refractivity (Wildman–Crippen MR) is 140 cm³/mol. The Morgan fingerprint density at radius 1 is 0.929 bits per heavy atom. The lowest BCUT2D eigenvalue weighted by atomic mass is 9.97. The molecular formula is C29H34F6N2O5. The number of methoxy groups -OCH3 is 1. The SMILES string of the molecule is CC[C@@H]1C[C@H](N(Cc2cc(C(F)(F)F)cc(C(F)(F)F)c2)C(=O)OC)[C@H](Cc2ccccc2)N1OC(=O)OC(C)(C)C. The van der Waals surface area contributed by atoms with Gasteiger partial charge in [0, 0.05) is 12.6 Å². The highest BCUT2D eigenvalue weighted by atomic mass is 19.4. The van der Waals surface area contributed by atoms with Gasteiger partial charge in [-0.05, 0) is 69.4 Å². The Labute approximate surface area is 240 Å². The van der Waals surface area contributed by atoms with E-state index in [2.05, 4.69) is 0 Å². The van der Waals surface area contributed by atoms with Gasteiger partial charge in [0.15, 0.2) is 0 Å². The fraction of sp³-hybridized carbons (Fsp3) is 0.517. The Kier molecular flexibility index (Phi) is 10.1. The summed E-state index contributed by atoms with van der Waals surface area (Å²) in [7, 11) is 1.07. The number of rotatable bonds is 7. The van der Waals surface area contributed by atoms with Crippen molar-refractivity contribution in [3.05, 3.63) is 70.8 Å². The Morgan fingerprint density at radius 2 is 1.50 bits per heavy atom. The number of nitrogens with zero attached hydrogens (tertiary/aromatic N) is 2. The van der Waals surface area contributed by atoms with Crippen LogP contribution in [0, 0.1) is 0 Å². The van der Waals surface area contributed by atoms with E-state index in [1.165, 1.54) is 5.06 Å². The monoisotopic (exact) mass is 604 g/mol. The molecule has 0 aromatic heterocycles. The molecule has 2 aromatic carbocycles. The standard InChI is InChI=1S/C29H34F6N2O5/c1-6-22-16-23(24(14-18-10-8-7-9-11-18)37(22)42-26(39)41-27(2,3)4)36(25(38)40-5)17-19-12-20(28(30,31)32)15-21(13-19)29(33,34)35/h7-13,15,22-24H,6,14,16-17H2,1-5H3/t22-,23+,24+/m1/s1. The van der Waals surface area contributed by atoms with E-state index in [0.717, 1.165) is 17.6 Å². The van der Waals surface area contributed by atoms with Crippen LogP contribution in [0.5, 0.6) is 0 Å². The summed E-state index contributed by atoms with van der Waals surface area (Å²) in [6.07, 6.45) is -11.2. The van der Waals surface area contributed by atoms with Gasteiger partial charge in [0.25, 0.3) is 0 Å². The van der Waals surface area contributed by atoms with Crippen molar-refractivity contribution in [1.82, 2.24) is 9.96 Å². The molecule has 1 amide bonds. The van der Waals surface area contributed by atoms with Crippen LogP contribution in [-0.2, 0) is 39.6 Å². The van der Waals surface area contributed by atoms with E-state index >= 15 is 0 Å². The van der Waals surface area contributed by atoms with Crippen molar-refractivity contribution in [1.29, 1.82) is 0 Å². The van der Waals surface area contributed by atoms with Crippen molar-refractivity contribution in [2.75, 3.05) is 7.11 Å². The third-order valence-corrected chi connectivity index (χ3v) is 6.78. The lowest BCUT2D eigenvalue weighted by Gasteiger charge is -2.34. The first kappa shape index (κ1) is 33.0. The number of amides is 1. The van der Waals surface area contributed by atoms with Crippen LogP contribution in [0.25, 0.3) is 0 Å². The summed E-state index contributed by atoms with van der Waals surface area (Å²) in [6.45, 7) is 6.17. The summed E-state index contributed by atoms with van der Waals surface area (Å²) >= 11 is 0. The van der Waals surface area contributed by atoms with E-state index < -0.39 is 66.0 Å². The van der Waals surface area contributed by atoms with Crippen molar-refractivity contribution in [2.24, 2.45) is 0 Å². The molecule has 1 saturated heterocycles. The van der Waals surface area contributed by atoms with Crippen LogP contribution in [0.3, 0.4) is 0 Å². The Hall–Kier alpha value is -3.48. The van der Waals surface area contributed by atoms with Crippen molar-refractivity contribution < 1.29 is 50.2 Å². The molecule has 0 saturated carbocycles. The Balaban J connectivity index is 2.07. The van der Waals surface area contributed by atoms with E-state index in [1.807, 2.05) is 19.1 Å². The number of hydrogen-bond donors (Lipinski definition) is 0. The Morgan fingerprint density at radius 3 is 1.98 bits per heavy atom. The topological polar surface area (TPSA) is 68.3 Å². The van der Waals surface area contributed by atoms with Crippen LogP contribution >= 0.6 is 0 Å². The molecule has 7 nitrogen and oxygen atoms in total. The van der Waals surface area contributed by atoms with Crippen LogP contribution in [0.1, 0.15) is 62.8 Å². The third-order valence-electron chi connectivity index (χ3n) is 6.78. The van der Waals surface area contributed by atoms with Gasteiger partial charge in [-0.15, -0.1) is 5.06 Å². The van der Waals surface area contributed by atoms with Gasteiger partial charge < -0.3 is 14.3 Å². The van der Waals surface area contributed by atoms with Crippen LogP contribution in [0.15, 0.2) is 48.5 Å². The fourth-order valence-corrected chi connectivity index (χ4v) is 4.98. The number of benzene rings is 2. The fourth-order valence-electron chi connectivity index (χ4n) is 4.98. The van der Waals surface area contributed by atoms with E-state index in [9.17, 15) is 35.9 Å². The summed E-state index contributed by atoms with van der Waals surface area (Å²) in [6, 6.07) is 8.18. The highest BCUT2D eigenvalue weighted by Gasteiger charge is 2.48. The maximum Gasteiger partial charge on any atom is 0.528 e. The van der Waals surface area contributed by atoms with E-state index in [-0.39, 0.29) is 24.5 Å². The van der Waals surface area contributed by atoms with Crippen molar-refractivity contribution >= 4 is 12.2 Å². The molecule has 2 aromatic rings. The smallest absolute Gasteiger partial charge is 0.453 e. The molecule has 1 aliphatic rings. The zero-order valence-corrected chi connectivity index (χ0v) is 23.9. The van der Waals surface area contributed by atoms with Crippen molar-refractivity contribution in [2.45, 2.75) is 89.6 Å². The first-order chi connectivity index (χ1) is 19.4. The number of ether oxygens (including phenoxy) is 2. The van der Waals surface area contributed by atoms with Gasteiger partial charge in [0.1, 0.15) is 5.60 Å². The zero-order valence-electron chi connectivity index (χ0n) is 23.9. The normalized spacial score (nSPS) is 19.8. The number of carbonyl (C=O) groups is 2. The minimum absolute atomic E-state index is 0.0310. The highest BCUT2D eigenvalue weighted by Crippen LogP contribution is 2.38. The summed E-state index contributed by atoms with van der Waals surface area (Å²) in [5.74, 6) is 0. The minimum Gasteiger partial charge on any atom is -0.453 e. The maximum absolute atomic E-state index is 13.6. The number of hydroxylamine groups is 2. The molecular weight excluding hydrogens is 570 g/mol. The van der Waals surface area contributed by atoms with Gasteiger partial charge in [-0.1, -0.05) is 37.3 Å². The molecule has 232 valence electrons. The lowest BCUT2D eigenvalue weighted by Crippen LogP contribution is -2.49. The molecule has 0 radical (unpaired) electrons. The summed E-state index contributed by atoms with van der Waals surface area (Å²) < 4.78 is 91.6. The minimum atomic E-state index is -5.05. The van der Waals surface area contributed by atoms with E-state index in [0.29, 0.717) is 18.6 Å². The average Bonchev–Trinajstić information content (AvgIpc) is 3.21. The first-order valence-electron chi connectivity index (χ1n) is 13.3. The molecule has 0 N–H and O–H groups in total. The summed E-state index contributed by atoms with van der Waals surface area (Å²) in [5.41, 5.74) is -3.45. The number of hydrogen-bond acceptors (Lipinski definition) is 6. The lowest BCUT2D eigenvalue weighted by molar-refractivity contribution is -0.174. The second-order valence-corrected chi connectivity index (χ2v) is 11.0. The highest BCUT2D eigenvalue weighted by molar-refractivity contribution is 5.68. The number of halogens is 6. The van der Waals surface area contributed by atoms with Gasteiger partial charge >= 0.3 is 24.6 Å². The molecule has 1 fully saturated rings. The number of alkyl halides is 6. The van der Waals surface area contributed by atoms with E-state index in [4.69, 9.17) is 14.3 Å². The molecule has 1 heterocycles. The molecule has 3 atom stereocenters. The molecule has 0 bridgehead atoms. The molecule has 3 rings (SSSR count). The van der Waals surface area contributed by atoms with Crippen LogP contribution < -0.4 is 0 Å². The van der Waals surface area contributed by atoms with Crippen LogP contribution in [0.2, 0.25) is 0 Å². The molecule has 1 aliphatic heterocycles. The van der Waals surface area contributed by atoms with Crippen molar-refractivity contribution in [3.63, 3.8) is 0 Å². The summed E-state index contributed by atoms with van der Waals surface area (Å²) in [4.78, 5) is 32.5. The molecule has 0 aliphatic carbocycles. The maximum atomic E-state index is 13.6. The quantitative estimate of drug-likeness (QED) is 0.239. The van der Waals surface area contributed by atoms with Gasteiger partial charge in [-0.25, -0.2) is 9.59 Å². The van der Waals surface area contributed by atoms with Crippen molar-refractivity contribution in [3.8, 4) is 0 Å². The molecule has 0 unspecified atom stereocenters. The second kappa shape index (κ2) is 12.8. The van der Waals surface area contributed by atoms with Crippen LogP contribution in [-0.4, -0.2) is 53.0 Å². The van der Waals surface area contributed by atoms with Gasteiger partial charge in [0.2, 0.25) is 0 Å². The Bertz CT molecular complexity index is 1200. The predicted octanol–water partition coefficient (Wildman–Crippen LogP) is 7.62. The second-order valence-electron chi connectivity index (χ2n) is 11.0. The largest absolute Gasteiger partial charge is 0.528 e.